The predicted molar refractivity (Wildman–Crippen MR) is 97.9 cm³/mol. The molecule has 0 N–H and O–H groups in total. The van der Waals surface area contributed by atoms with Gasteiger partial charge in [0.25, 0.3) is 0 Å². The second-order valence-corrected chi connectivity index (χ2v) is 5.63. The molecule has 0 saturated carbocycles. The van der Waals surface area contributed by atoms with Gasteiger partial charge < -0.3 is 18.6 Å². The van der Waals surface area contributed by atoms with Crippen LogP contribution in [-0.2, 0) is 18.0 Å². The lowest BCUT2D eigenvalue weighted by atomic mass is 10.2. The first kappa shape index (κ1) is 18.3. The van der Waals surface area contributed by atoms with Crippen LogP contribution in [0.5, 0.6) is 11.5 Å². The van der Waals surface area contributed by atoms with Crippen LogP contribution in [0, 0.1) is 0 Å². The molecule has 0 radical (unpaired) electrons. The molecule has 6 nitrogen and oxygen atoms in total. The molecule has 0 unspecified atom stereocenters. The maximum atomic E-state index is 12.2. The van der Waals surface area contributed by atoms with Crippen molar-refractivity contribution < 1.29 is 23.4 Å². The minimum absolute atomic E-state index is 0.0960. The lowest BCUT2D eigenvalue weighted by molar-refractivity contribution is 0.0439. The molecule has 0 saturated heterocycles. The normalized spacial score (nSPS) is 10.3. The molecule has 6 heteroatoms. The van der Waals surface area contributed by atoms with Gasteiger partial charge in [-0.15, -0.1) is 0 Å². The van der Waals surface area contributed by atoms with Gasteiger partial charge in [-0.1, -0.05) is 42.5 Å². The van der Waals surface area contributed by atoms with Crippen LogP contribution in [0.15, 0.2) is 76.1 Å². The van der Waals surface area contributed by atoms with Crippen LogP contribution < -0.4 is 14.9 Å². The van der Waals surface area contributed by atoms with Gasteiger partial charge in [0.1, 0.15) is 36.6 Å². The summed E-state index contributed by atoms with van der Waals surface area (Å²) < 4.78 is 21.1. The van der Waals surface area contributed by atoms with Gasteiger partial charge in [-0.25, -0.2) is 4.79 Å². The van der Waals surface area contributed by atoms with Gasteiger partial charge in [0, 0.05) is 6.07 Å². The summed E-state index contributed by atoms with van der Waals surface area (Å²) >= 11 is 0. The Morgan fingerprint density at radius 2 is 1.70 bits per heavy atom. The fourth-order valence-electron chi connectivity index (χ4n) is 2.38. The number of benzene rings is 2. The second-order valence-electron chi connectivity index (χ2n) is 5.63. The molecule has 0 aliphatic carbocycles. The zero-order valence-corrected chi connectivity index (χ0v) is 14.7. The predicted octanol–water partition coefficient (Wildman–Crippen LogP) is 3.58. The second kappa shape index (κ2) is 8.71. The van der Waals surface area contributed by atoms with E-state index in [1.807, 2.05) is 30.3 Å². The summed E-state index contributed by atoms with van der Waals surface area (Å²) in [6, 6.07) is 17.4. The molecule has 2 aromatic carbocycles. The van der Waals surface area contributed by atoms with Crippen LogP contribution in [0.25, 0.3) is 0 Å². The van der Waals surface area contributed by atoms with E-state index in [4.69, 9.17) is 18.6 Å². The summed E-state index contributed by atoms with van der Waals surface area (Å²) in [7, 11) is 1.47. The highest BCUT2D eigenvalue weighted by Crippen LogP contribution is 2.19. The number of carbonyl (C=O) groups excluding carboxylic acids is 1. The number of ether oxygens (including phenoxy) is 3. The molecule has 0 spiro atoms. The molecule has 3 rings (SSSR count). The molecule has 0 aliphatic rings. The first-order valence-corrected chi connectivity index (χ1v) is 8.26. The van der Waals surface area contributed by atoms with Crippen LogP contribution in [0.3, 0.4) is 0 Å². The van der Waals surface area contributed by atoms with E-state index in [2.05, 4.69) is 0 Å². The summed E-state index contributed by atoms with van der Waals surface area (Å²) in [5.74, 6) is 0.155. The van der Waals surface area contributed by atoms with E-state index < -0.39 is 5.97 Å². The molecule has 0 aliphatic heterocycles. The third-order valence-corrected chi connectivity index (χ3v) is 3.76. The Morgan fingerprint density at radius 3 is 2.44 bits per heavy atom. The average molecular weight is 366 g/mol. The minimum atomic E-state index is -0.570. The smallest absolute Gasteiger partial charge is 0.342 e. The maximum Gasteiger partial charge on any atom is 0.342 e. The van der Waals surface area contributed by atoms with E-state index in [9.17, 15) is 9.59 Å². The molecule has 3 aromatic rings. The number of para-hydroxylation sites is 1. The molecule has 0 amide bonds. The third kappa shape index (κ3) is 4.76. The van der Waals surface area contributed by atoms with E-state index in [-0.39, 0.29) is 30.2 Å². The van der Waals surface area contributed by atoms with Gasteiger partial charge in [-0.2, -0.15) is 0 Å². The van der Waals surface area contributed by atoms with Crippen LogP contribution in [0.4, 0.5) is 0 Å². The molecule has 0 fully saturated rings. The van der Waals surface area contributed by atoms with Crippen molar-refractivity contribution in [1.82, 2.24) is 0 Å². The largest absolute Gasteiger partial charge is 0.496 e. The fourth-order valence-corrected chi connectivity index (χ4v) is 2.38. The molecule has 138 valence electrons. The van der Waals surface area contributed by atoms with Crippen molar-refractivity contribution in [3.05, 3.63) is 94.0 Å². The highest BCUT2D eigenvalue weighted by molar-refractivity contribution is 5.92. The van der Waals surface area contributed by atoms with Gasteiger partial charge in [-0.3, -0.25) is 4.79 Å². The summed E-state index contributed by atoms with van der Waals surface area (Å²) in [4.78, 5) is 24.3. The number of carbonyl (C=O) groups is 1. The molecule has 27 heavy (non-hydrogen) atoms. The van der Waals surface area contributed by atoms with Gasteiger partial charge in [0.2, 0.25) is 11.2 Å². The first-order chi connectivity index (χ1) is 13.2. The quantitative estimate of drug-likeness (QED) is 0.595. The van der Waals surface area contributed by atoms with Crippen LogP contribution >= 0.6 is 0 Å². The fraction of sp³-hybridized carbons (Fsp3) is 0.143. The number of esters is 1. The Bertz CT molecular complexity index is 962. The number of hydrogen-bond acceptors (Lipinski definition) is 6. The van der Waals surface area contributed by atoms with Gasteiger partial charge in [0.15, 0.2) is 0 Å². The number of rotatable bonds is 7. The Balaban J connectivity index is 1.60. The van der Waals surface area contributed by atoms with Crippen molar-refractivity contribution in [1.29, 1.82) is 0 Å². The van der Waals surface area contributed by atoms with E-state index in [0.29, 0.717) is 11.3 Å². The summed E-state index contributed by atoms with van der Waals surface area (Å²) in [5.41, 5.74) is 0.886. The van der Waals surface area contributed by atoms with E-state index in [0.717, 1.165) is 5.56 Å². The molecule has 0 bridgehead atoms. The third-order valence-electron chi connectivity index (χ3n) is 3.76. The van der Waals surface area contributed by atoms with Crippen LogP contribution in [-0.4, -0.2) is 13.1 Å². The van der Waals surface area contributed by atoms with Crippen molar-refractivity contribution in [2.45, 2.75) is 13.2 Å². The Kier molecular flexibility index (Phi) is 5.89. The standard InChI is InChI=1S/C21H18O6/c1-24-19-10-6-5-9-17(19)21(23)27-13-16-11-18(22)20(14-25-16)26-12-15-7-3-2-4-8-15/h2-11,14H,12-13H2,1H3. The Morgan fingerprint density at radius 1 is 0.963 bits per heavy atom. The van der Waals surface area contributed by atoms with Gasteiger partial charge in [-0.05, 0) is 17.7 Å². The highest BCUT2D eigenvalue weighted by Gasteiger charge is 2.14. The lowest BCUT2D eigenvalue weighted by Crippen LogP contribution is -2.10. The van der Waals surface area contributed by atoms with Crippen molar-refractivity contribution in [3.63, 3.8) is 0 Å². The zero-order chi connectivity index (χ0) is 19.1. The van der Waals surface area contributed by atoms with Crippen molar-refractivity contribution >= 4 is 5.97 Å². The molecule has 1 heterocycles. The molecular weight excluding hydrogens is 348 g/mol. The monoisotopic (exact) mass is 366 g/mol. The average Bonchev–Trinajstić information content (AvgIpc) is 2.72. The maximum absolute atomic E-state index is 12.2. The van der Waals surface area contributed by atoms with Crippen LogP contribution in [0.2, 0.25) is 0 Å². The zero-order valence-electron chi connectivity index (χ0n) is 14.7. The summed E-state index contributed by atoms with van der Waals surface area (Å²) in [5, 5.41) is 0. The van der Waals surface area contributed by atoms with Crippen molar-refractivity contribution in [2.24, 2.45) is 0 Å². The van der Waals surface area contributed by atoms with E-state index >= 15 is 0 Å². The SMILES string of the molecule is COc1ccccc1C(=O)OCc1cc(=O)c(OCc2ccccc2)co1. The first-order valence-electron chi connectivity index (χ1n) is 8.26. The van der Waals surface area contributed by atoms with Crippen LogP contribution in [0.1, 0.15) is 21.7 Å². The van der Waals surface area contributed by atoms with Gasteiger partial charge >= 0.3 is 5.97 Å². The summed E-state index contributed by atoms with van der Waals surface area (Å²) in [6.45, 7) is 0.0822. The molecule has 1 aromatic heterocycles. The minimum Gasteiger partial charge on any atom is -0.496 e. The summed E-state index contributed by atoms with van der Waals surface area (Å²) in [6.07, 6.45) is 1.22. The van der Waals surface area contributed by atoms with E-state index in [1.54, 1.807) is 24.3 Å². The number of hydrogen-bond donors (Lipinski definition) is 0. The molecule has 0 atom stereocenters. The lowest BCUT2D eigenvalue weighted by Gasteiger charge is -2.09. The van der Waals surface area contributed by atoms with Crippen molar-refractivity contribution in [3.8, 4) is 11.5 Å². The number of methoxy groups -OCH3 is 1. The van der Waals surface area contributed by atoms with Gasteiger partial charge in [0.05, 0.1) is 7.11 Å². The molecular formula is C21H18O6. The van der Waals surface area contributed by atoms with Crippen molar-refractivity contribution in [2.75, 3.05) is 7.11 Å². The topological polar surface area (TPSA) is 75.0 Å². The Labute approximate surface area is 155 Å². The highest BCUT2D eigenvalue weighted by atomic mass is 16.5. The van der Waals surface area contributed by atoms with E-state index in [1.165, 1.54) is 19.4 Å². The Hall–Kier alpha value is -3.54.